The lowest BCUT2D eigenvalue weighted by molar-refractivity contribution is -0.147. The van der Waals surface area contributed by atoms with Crippen LogP contribution in [0.4, 0.5) is 0 Å². The van der Waals surface area contributed by atoms with Crippen molar-refractivity contribution in [1.29, 1.82) is 0 Å². The first-order valence-corrected chi connectivity index (χ1v) is 27.3. The Morgan fingerprint density at radius 2 is 0.836 bits per heavy atom. The van der Waals surface area contributed by atoms with Gasteiger partial charge in [0, 0.05) is 19.4 Å². The molecular formula is C51H98NO8P. The molecule has 2 atom stereocenters. The van der Waals surface area contributed by atoms with Gasteiger partial charge in [-0.1, -0.05) is 205 Å². The molecule has 360 valence electrons. The summed E-state index contributed by atoms with van der Waals surface area (Å²) >= 11 is 0. The van der Waals surface area contributed by atoms with Gasteiger partial charge in [-0.25, -0.2) is 4.57 Å². The third kappa shape index (κ3) is 49.4. The van der Waals surface area contributed by atoms with Crippen molar-refractivity contribution in [3.8, 4) is 0 Å². The van der Waals surface area contributed by atoms with E-state index in [1.165, 1.54) is 193 Å². The summed E-state index contributed by atoms with van der Waals surface area (Å²) in [5, 5.41) is 12.8. The van der Waals surface area contributed by atoms with Gasteiger partial charge in [0.25, 0.3) is 0 Å². The minimum Gasteiger partial charge on any atom is -0.463 e. The summed E-state index contributed by atoms with van der Waals surface area (Å²) in [5.74, 6) is -0.510. The number of unbranched alkanes of at least 4 members (excludes halogenated alkanes) is 32. The van der Waals surface area contributed by atoms with Gasteiger partial charge in [-0.2, -0.15) is 0 Å². The monoisotopic (exact) mass is 884 g/mol. The van der Waals surface area contributed by atoms with Crippen LogP contribution in [0.1, 0.15) is 258 Å². The molecule has 0 aromatic heterocycles. The van der Waals surface area contributed by atoms with Crippen LogP contribution in [0, 0.1) is 0 Å². The van der Waals surface area contributed by atoms with Crippen LogP contribution >= 0.6 is 7.82 Å². The molecule has 0 aromatic carbocycles. The van der Waals surface area contributed by atoms with Crippen LogP contribution in [-0.4, -0.2) is 54.3 Å². The second-order valence-corrected chi connectivity index (χ2v) is 18.9. The van der Waals surface area contributed by atoms with Crippen LogP contribution in [0.25, 0.3) is 0 Å². The maximum absolute atomic E-state index is 12.1. The van der Waals surface area contributed by atoms with E-state index >= 15 is 0 Å². The summed E-state index contributed by atoms with van der Waals surface area (Å²) in [6.45, 7) is 3.59. The van der Waals surface area contributed by atoms with Gasteiger partial charge < -0.3 is 20.1 Å². The van der Waals surface area contributed by atoms with E-state index in [9.17, 15) is 24.2 Å². The number of ether oxygens (including phenoxy) is 1. The Hall–Kier alpha value is -1.51. The number of carbonyl (C=O) groups is 2. The number of phosphoric acid groups is 1. The highest BCUT2D eigenvalue weighted by Gasteiger charge is 2.23. The molecule has 0 aliphatic heterocycles. The number of allylic oxidation sites excluding steroid dienone is 4. The molecule has 0 saturated carbocycles. The van der Waals surface area contributed by atoms with Crippen molar-refractivity contribution in [2.45, 2.75) is 264 Å². The molecule has 0 bridgehead atoms. The first kappa shape index (κ1) is 59.5. The molecule has 2 unspecified atom stereocenters. The fraction of sp³-hybridized carbons (Fsp3) is 0.882. The number of phosphoric ester groups is 1. The highest BCUT2D eigenvalue weighted by molar-refractivity contribution is 7.47. The molecule has 1 amide bonds. The van der Waals surface area contributed by atoms with E-state index in [1.807, 2.05) is 0 Å². The van der Waals surface area contributed by atoms with Crippen molar-refractivity contribution in [3.05, 3.63) is 24.3 Å². The number of nitrogens with one attached hydrogen (secondary N) is 1. The van der Waals surface area contributed by atoms with Crippen molar-refractivity contribution in [2.24, 2.45) is 0 Å². The van der Waals surface area contributed by atoms with E-state index in [4.69, 9.17) is 13.8 Å². The Kier molecular flexibility index (Phi) is 46.8. The Balaban J connectivity index is 3.53. The Labute approximate surface area is 376 Å². The summed E-state index contributed by atoms with van der Waals surface area (Å²) in [4.78, 5) is 34.1. The topological polar surface area (TPSA) is 131 Å². The number of aliphatic hydroxyl groups is 1. The van der Waals surface area contributed by atoms with E-state index < -0.39 is 26.5 Å². The van der Waals surface area contributed by atoms with E-state index in [-0.39, 0.29) is 32.1 Å². The normalized spacial score (nSPS) is 13.3. The number of aliphatic hydroxyl groups excluding tert-OH is 1. The van der Waals surface area contributed by atoms with Crippen LogP contribution in [0.2, 0.25) is 0 Å². The van der Waals surface area contributed by atoms with Crippen LogP contribution in [0.5, 0.6) is 0 Å². The summed E-state index contributed by atoms with van der Waals surface area (Å²) < 4.78 is 27.0. The van der Waals surface area contributed by atoms with E-state index in [0.29, 0.717) is 6.42 Å². The van der Waals surface area contributed by atoms with Crippen molar-refractivity contribution >= 4 is 19.7 Å². The van der Waals surface area contributed by atoms with Gasteiger partial charge in [-0.15, -0.1) is 0 Å². The number of hydrogen-bond donors (Lipinski definition) is 3. The van der Waals surface area contributed by atoms with Crippen LogP contribution < -0.4 is 5.32 Å². The quantitative estimate of drug-likeness (QED) is 0.0238. The highest BCUT2D eigenvalue weighted by atomic mass is 31.2. The number of carbonyl (C=O) groups excluding carboxylic acids is 2. The Morgan fingerprint density at radius 3 is 1.23 bits per heavy atom. The molecule has 0 aromatic rings. The lowest BCUT2D eigenvalue weighted by Gasteiger charge is -2.15. The molecule has 0 saturated heterocycles. The first-order chi connectivity index (χ1) is 29.8. The standard InChI is InChI=1S/C51H98NO8P/c1-3-5-7-9-11-13-15-17-19-21-23-24-26-27-29-31-33-35-37-39-41-43-50(54)52-45-46-59-61(56,57)60-48-49(53)47-58-51(55)44-42-40-38-36-34-32-30-28-25-22-20-18-16-14-12-10-8-6-4-2/h17-20,49,53H,3-16,21-48H2,1-2H3,(H,52,54)(H,56,57)/b19-17+,20-18+. The zero-order valence-electron chi connectivity index (χ0n) is 39.9. The fourth-order valence-electron chi connectivity index (χ4n) is 7.43. The average molecular weight is 884 g/mol. The SMILES string of the molecule is CCCCCCCC/C=C/CCCCCCCCCCCCCC(=O)NCCOP(=O)(O)OCC(O)COC(=O)CCCCCCCCCCC/C=C/CCCCCCCC. The van der Waals surface area contributed by atoms with Gasteiger partial charge in [-0.3, -0.25) is 18.6 Å². The summed E-state index contributed by atoms with van der Waals surface area (Å²) in [5.41, 5.74) is 0. The predicted molar refractivity (Wildman–Crippen MR) is 257 cm³/mol. The largest absolute Gasteiger partial charge is 0.472 e. The number of hydrogen-bond acceptors (Lipinski definition) is 7. The molecule has 0 heterocycles. The number of rotatable bonds is 49. The highest BCUT2D eigenvalue weighted by Crippen LogP contribution is 2.42. The lowest BCUT2D eigenvalue weighted by Crippen LogP contribution is -2.27. The Morgan fingerprint density at radius 1 is 0.492 bits per heavy atom. The molecule has 0 aliphatic rings. The summed E-state index contributed by atoms with van der Waals surface area (Å²) in [6.07, 6.45) is 54.0. The van der Waals surface area contributed by atoms with Gasteiger partial charge >= 0.3 is 13.8 Å². The second-order valence-electron chi connectivity index (χ2n) is 17.5. The predicted octanol–water partition coefficient (Wildman–Crippen LogP) is 15.1. The van der Waals surface area contributed by atoms with Crippen molar-refractivity contribution in [1.82, 2.24) is 5.32 Å². The third-order valence-electron chi connectivity index (χ3n) is 11.4. The average Bonchev–Trinajstić information content (AvgIpc) is 3.25. The van der Waals surface area contributed by atoms with E-state index in [0.717, 1.165) is 38.5 Å². The van der Waals surface area contributed by atoms with Crippen LogP contribution in [0.3, 0.4) is 0 Å². The van der Waals surface area contributed by atoms with Crippen LogP contribution in [-0.2, 0) is 27.9 Å². The van der Waals surface area contributed by atoms with Gasteiger partial charge in [0.15, 0.2) is 0 Å². The molecule has 9 nitrogen and oxygen atoms in total. The zero-order valence-corrected chi connectivity index (χ0v) is 40.8. The molecule has 3 N–H and O–H groups in total. The van der Waals surface area contributed by atoms with E-state index in [2.05, 4.69) is 43.5 Å². The lowest BCUT2D eigenvalue weighted by atomic mass is 10.0. The van der Waals surface area contributed by atoms with Crippen molar-refractivity contribution in [3.63, 3.8) is 0 Å². The van der Waals surface area contributed by atoms with Gasteiger partial charge in [-0.05, 0) is 64.2 Å². The number of amides is 1. The second kappa shape index (κ2) is 48.0. The molecule has 0 rings (SSSR count). The summed E-state index contributed by atoms with van der Waals surface area (Å²) in [6, 6.07) is 0. The molecule has 0 spiro atoms. The summed E-state index contributed by atoms with van der Waals surface area (Å²) in [7, 11) is -4.42. The molecule has 0 radical (unpaired) electrons. The zero-order chi connectivity index (χ0) is 44.6. The number of esters is 1. The van der Waals surface area contributed by atoms with Crippen molar-refractivity contribution < 1.29 is 37.9 Å². The maximum atomic E-state index is 12.1. The molecule has 0 aliphatic carbocycles. The van der Waals surface area contributed by atoms with Crippen LogP contribution in [0.15, 0.2) is 24.3 Å². The maximum Gasteiger partial charge on any atom is 0.472 e. The Bertz CT molecular complexity index is 1050. The molecule has 0 fully saturated rings. The van der Waals surface area contributed by atoms with Gasteiger partial charge in [0.05, 0.1) is 13.2 Å². The third-order valence-corrected chi connectivity index (χ3v) is 12.3. The fourth-order valence-corrected chi connectivity index (χ4v) is 8.19. The smallest absolute Gasteiger partial charge is 0.463 e. The van der Waals surface area contributed by atoms with Gasteiger partial charge in [0.1, 0.15) is 12.7 Å². The molecule has 10 heteroatoms. The first-order valence-electron chi connectivity index (χ1n) is 25.8. The van der Waals surface area contributed by atoms with Gasteiger partial charge in [0.2, 0.25) is 5.91 Å². The van der Waals surface area contributed by atoms with Crippen molar-refractivity contribution in [2.75, 3.05) is 26.4 Å². The molecular weight excluding hydrogens is 786 g/mol. The molecule has 61 heavy (non-hydrogen) atoms. The van der Waals surface area contributed by atoms with E-state index in [1.54, 1.807) is 0 Å². The minimum atomic E-state index is -4.42. The minimum absolute atomic E-state index is 0.0837.